The minimum atomic E-state index is -0.454. The first-order valence-corrected chi connectivity index (χ1v) is 9.32. The van der Waals surface area contributed by atoms with Crippen LogP contribution >= 0.6 is 0 Å². The van der Waals surface area contributed by atoms with Crippen molar-refractivity contribution in [3.05, 3.63) is 71.4 Å². The number of aliphatic hydroxyl groups excluding tert-OH is 2. The zero-order valence-electron chi connectivity index (χ0n) is 17.4. The van der Waals surface area contributed by atoms with Crippen molar-refractivity contribution in [2.75, 3.05) is 6.61 Å². The molecule has 0 heterocycles. The van der Waals surface area contributed by atoms with E-state index in [1.54, 1.807) is 26.0 Å². The number of allylic oxidation sites excluding steroid dienone is 9. The predicted molar refractivity (Wildman–Crippen MR) is 114 cm³/mol. The first-order chi connectivity index (χ1) is 12.7. The summed E-state index contributed by atoms with van der Waals surface area (Å²) in [5.74, 6) is -0.127. The Bertz CT molecular complexity index is 636. The molecule has 3 atom stereocenters. The van der Waals surface area contributed by atoms with Gasteiger partial charge in [-0.15, -0.1) is 0 Å². The van der Waals surface area contributed by atoms with E-state index < -0.39 is 6.10 Å². The zero-order valence-corrected chi connectivity index (χ0v) is 17.4. The number of rotatable bonds is 10. The van der Waals surface area contributed by atoms with E-state index >= 15 is 0 Å². The number of carbonyl (C=O) groups excluding carboxylic acids is 1. The van der Waals surface area contributed by atoms with Gasteiger partial charge in [0, 0.05) is 17.5 Å². The maximum Gasteiger partial charge on any atom is 0.247 e. The second-order valence-corrected chi connectivity index (χ2v) is 6.78. The molecule has 150 valence electrons. The Labute approximate surface area is 164 Å². The van der Waals surface area contributed by atoms with Gasteiger partial charge in [-0.3, -0.25) is 4.79 Å². The molecule has 3 unspecified atom stereocenters. The smallest absolute Gasteiger partial charge is 0.247 e. The van der Waals surface area contributed by atoms with E-state index in [2.05, 4.69) is 11.4 Å². The topological polar surface area (TPSA) is 69.6 Å². The Kier molecular flexibility index (Phi) is 12.8. The number of aliphatic hydroxyl groups is 2. The summed E-state index contributed by atoms with van der Waals surface area (Å²) in [7, 11) is 0. The molecule has 3 N–H and O–H groups in total. The van der Waals surface area contributed by atoms with E-state index in [9.17, 15) is 9.90 Å². The summed E-state index contributed by atoms with van der Waals surface area (Å²) in [4.78, 5) is 11.8. The van der Waals surface area contributed by atoms with Gasteiger partial charge in [-0.05, 0) is 40.2 Å². The Balaban J connectivity index is 4.56. The third-order valence-electron chi connectivity index (χ3n) is 4.10. The van der Waals surface area contributed by atoms with Crippen molar-refractivity contribution in [3.8, 4) is 0 Å². The normalized spacial score (nSPS) is 17.7. The van der Waals surface area contributed by atoms with Gasteiger partial charge in [0.25, 0.3) is 0 Å². The van der Waals surface area contributed by atoms with Crippen LogP contribution in [0.3, 0.4) is 0 Å². The summed E-state index contributed by atoms with van der Waals surface area (Å²) in [5.41, 5.74) is 2.64. The molecule has 0 spiro atoms. The number of carbonyl (C=O) groups is 1. The highest BCUT2D eigenvalue weighted by Gasteiger charge is 2.12. The van der Waals surface area contributed by atoms with Crippen LogP contribution in [-0.2, 0) is 4.79 Å². The van der Waals surface area contributed by atoms with E-state index in [4.69, 9.17) is 5.11 Å². The summed E-state index contributed by atoms with van der Waals surface area (Å²) < 4.78 is 0. The third-order valence-corrected chi connectivity index (χ3v) is 4.10. The number of amides is 1. The molecule has 0 aromatic rings. The van der Waals surface area contributed by atoms with Crippen molar-refractivity contribution in [2.45, 2.75) is 53.7 Å². The molecule has 0 bridgehead atoms. The summed E-state index contributed by atoms with van der Waals surface area (Å²) in [6.45, 7) is 11.3. The van der Waals surface area contributed by atoms with Gasteiger partial charge in [0.1, 0.15) is 0 Å². The van der Waals surface area contributed by atoms with Gasteiger partial charge in [-0.1, -0.05) is 67.2 Å². The molecule has 0 aliphatic rings. The van der Waals surface area contributed by atoms with Gasteiger partial charge in [0.15, 0.2) is 0 Å². The van der Waals surface area contributed by atoms with Gasteiger partial charge < -0.3 is 15.5 Å². The monoisotopic (exact) mass is 373 g/mol. The van der Waals surface area contributed by atoms with Crippen LogP contribution in [-0.4, -0.2) is 34.9 Å². The van der Waals surface area contributed by atoms with Crippen molar-refractivity contribution in [2.24, 2.45) is 5.92 Å². The average Bonchev–Trinajstić information content (AvgIpc) is 2.65. The molecule has 0 aromatic heterocycles. The van der Waals surface area contributed by atoms with Crippen LogP contribution in [0.4, 0.5) is 0 Å². The van der Waals surface area contributed by atoms with Gasteiger partial charge in [0.2, 0.25) is 5.91 Å². The van der Waals surface area contributed by atoms with Crippen LogP contribution in [0.25, 0.3) is 0 Å². The van der Waals surface area contributed by atoms with E-state index in [0.717, 1.165) is 11.1 Å². The second-order valence-electron chi connectivity index (χ2n) is 6.78. The van der Waals surface area contributed by atoms with E-state index in [1.807, 2.05) is 64.2 Å². The fraction of sp³-hybridized carbons (Fsp3) is 0.435. The van der Waals surface area contributed by atoms with Crippen molar-refractivity contribution < 1.29 is 15.0 Å². The molecule has 4 nitrogen and oxygen atoms in total. The molecule has 4 heteroatoms. The molecule has 0 aliphatic carbocycles. The molecule has 0 aliphatic heterocycles. The van der Waals surface area contributed by atoms with Gasteiger partial charge >= 0.3 is 0 Å². The van der Waals surface area contributed by atoms with Crippen molar-refractivity contribution in [1.82, 2.24) is 5.32 Å². The molecule has 0 saturated heterocycles. The van der Waals surface area contributed by atoms with Crippen molar-refractivity contribution in [3.63, 3.8) is 0 Å². The lowest BCUT2D eigenvalue weighted by molar-refractivity contribution is -0.118. The fourth-order valence-electron chi connectivity index (χ4n) is 2.21. The number of hydrogen-bond donors (Lipinski definition) is 3. The predicted octanol–water partition coefficient (Wildman–Crippen LogP) is 4.01. The van der Waals surface area contributed by atoms with Crippen molar-refractivity contribution >= 4 is 5.91 Å². The highest BCUT2D eigenvalue weighted by Crippen LogP contribution is 2.15. The highest BCUT2D eigenvalue weighted by atomic mass is 16.3. The number of nitrogens with one attached hydrogen (secondary N) is 1. The SMILES string of the molecule is CC=C(C)C(O)C(C)C=C(C)C=CC=C/C=C/C=C(\C)C(=O)NC(C)CO. The van der Waals surface area contributed by atoms with Gasteiger partial charge in [-0.2, -0.15) is 0 Å². The largest absolute Gasteiger partial charge is 0.394 e. The lowest BCUT2D eigenvalue weighted by Gasteiger charge is -2.16. The standard InChI is InChI=1S/C23H35NO3/c1-7-18(3)22(26)20(5)15-17(2)13-11-9-8-10-12-14-19(4)23(27)24-21(6)16-25/h7-15,20-22,25-26H,16H2,1-6H3,(H,24,27)/b9-8?,12-10+,13-11?,17-15?,18-7?,19-14+. The highest BCUT2D eigenvalue weighted by molar-refractivity contribution is 5.93. The first kappa shape index (κ1) is 24.8. The van der Waals surface area contributed by atoms with Crippen LogP contribution in [0.1, 0.15) is 41.5 Å². The Morgan fingerprint density at radius 2 is 1.63 bits per heavy atom. The quantitative estimate of drug-likeness (QED) is 0.308. The summed E-state index contributed by atoms with van der Waals surface area (Å²) in [5, 5.41) is 21.8. The van der Waals surface area contributed by atoms with Crippen LogP contribution in [0.15, 0.2) is 71.4 Å². The molecule has 0 radical (unpaired) electrons. The Hall–Kier alpha value is -2.17. The molecule has 27 heavy (non-hydrogen) atoms. The molecular formula is C23H35NO3. The minimum absolute atomic E-state index is 0.0579. The minimum Gasteiger partial charge on any atom is -0.394 e. The van der Waals surface area contributed by atoms with Crippen LogP contribution in [0.5, 0.6) is 0 Å². The third kappa shape index (κ3) is 11.2. The number of hydrogen-bond acceptors (Lipinski definition) is 3. The fourth-order valence-corrected chi connectivity index (χ4v) is 2.21. The van der Waals surface area contributed by atoms with E-state index in [1.165, 1.54) is 0 Å². The molecular weight excluding hydrogens is 338 g/mol. The summed E-state index contributed by atoms with van der Waals surface area (Å²) in [6, 6.07) is -0.253. The van der Waals surface area contributed by atoms with Gasteiger partial charge in [0.05, 0.1) is 12.7 Å². The van der Waals surface area contributed by atoms with Crippen molar-refractivity contribution in [1.29, 1.82) is 0 Å². The molecule has 0 aromatic carbocycles. The average molecular weight is 374 g/mol. The van der Waals surface area contributed by atoms with Crippen LogP contribution in [0, 0.1) is 5.92 Å². The molecule has 1 amide bonds. The van der Waals surface area contributed by atoms with E-state index in [-0.39, 0.29) is 24.5 Å². The van der Waals surface area contributed by atoms with Gasteiger partial charge in [-0.25, -0.2) is 0 Å². The maximum atomic E-state index is 11.8. The second kappa shape index (κ2) is 14.0. The summed E-state index contributed by atoms with van der Waals surface area (Å²) in [6.07, 6.45) is 16.6. The lowest BCUT2D eigenvalue weighted by atomic mass is 9.96. The van der Waals surface area contributed by atoms with Crippen LogP contribution in [0.2, 0.25) is 0 Å². The summed E-state index contributed by atoms with van der Waals surface area (Å²) >= 11 is 0. The zero-order chi connectivity index (χ0) is 20.8. The first-order valence-electron chi connectivity index (χ1n) is 9.32. The molecule has 0 saturated carbocycles. The lowest BCUT2D eigenvalue weighted by Crippen LogP contribution is -2.35. The Morgan fingerprint density at radius 3 is 2.22 bits per heavy atom. The Morgan fingerprint density at radius 1 is 1.04 bits per heavy atom. The van der Waals surface area contributed by atoms with E-state index in [0.29, 0.717) is 5.57 Å². The maximum absolute atomic E-state index is 11.8. The molecule has 0 rings (SSSR count). The van der Waals surface area contributed by atoms with Crippen LogP contribution < -0.4 is 5.32 Å². The molecule has 0 fully saturated rings.